The fourth-order valence-electron chi connectivity index (χ4n) is 3.08. The summed E-state index contributed by atoms with van der Waals surface area (Å²) in [5, 5.41) is 2.75. The van der Waals surface area contributed by atoms with Crippen molar-refractivity contribution < 1.29 is 13.2 Å². The molecule has 1 heterocycles. The molecule has 1 fully saturated rings. The molecule has 3 N–H and O–H groups in total. The molecule has 1 aliphatic heterocycles. The third-order valence-corrected chi connectivity index (χ3v) is 6.48. The Morgan fingerprint density at radius 1 is 1.23 bits per heavy atom. The smallest absolute Gasteiger partial charge is 0.253 e. The molecule has 2 rings (SSSR count). The number of amides is 1. The maximum Gasteiger partial charge on any atom is 0.253 e. The van der Waals surface area contributed by atoms with Gasteiger partial charge in [0.25, 0.3) is 5.91 Å². The van der Waals surface area contributed by atoms with Crippen LogP contribution in [0, 0.1) is 0 Å². The number of hydrogen-bond donors (Lipinski definition) is 2. The molecule has 0 spiro atoms. The Balaban J connectivity index is 0.00000338. The van der Waals surface area contributed by atoms with Crippen molar-refractivity contribution in [3.05, 3.63) is 23.8 Å². The summed E-state index contributed by atoms with van der Waals surface area (Å²) in [6, 6.07) is 4.84. The summed E-state index contributed by atoms with van der Waals surface area (Å²) in [6.07, 6.45) is 2.15. The van der Waals surface area contributed by atoms with Crippen LogP contribution in [0.3, 0.4) is 0 Å². The van der Waals surface area contributed by atoms with Crippen LogP contribution < -0.4 is 16.0 Å². The van der Waals surface area contributed by atoms with E-state index in [4.69, 9.17) is 5.73 Å². The first-order valence-corrected chi connectivity index (χ1v) is 10.3. The molecule has 0 saturated carbocycles. The molecule has 26 heavy (non-hydrogen) atoms. The minimum absolute atomic E-state index is 0. The summed E-state index contributed by atoms with van der Waals surface area (Å²) in [4.78, 5) is 14.8. The van der Waals surface area contributed by atoms with E-state index in [0.29, 0.717) is 31.7 Å². The first-order chi connectivity index (χ1) is 12.0. The minimum atomic E-state index is -3.61. The van der Waals surface area contributed by atoms with Crippen molar-refractivity contribution in [1.29, 1.82) is 0 Å². The maximum absolute atomic E-state index is 12.8. The van der Waals surface area contributed by atoms with Crippen LogP contribution in [0.5, 0.6) is 0 Å². The van der Waals surface area contributed by atoms with Gasteiger partial charge in [-0.05, 0) is 31.0 Å². The number of nitrogens with two attached hydrogens (primary N) is 1. The van der Waals surface area contributed by atoms with Gasteiger partial charge >= 0.3 is 0 Å². The first kappa shape index (κ1) is 22.7. The lowest BCUT2D eigenvalue weighted by Crippen LogP contribution is -2.33. The fourth-order valence-corrected chi connectivity index (χ4v) is 4.57. The summed E-state index contributed by atoms with van der Waals surface area (Å²) in [7, 11) is -3.61. The number of sulfonamides is 1. The van der Waals surface area contributed by atoms with E-state index in [9.17, 15) is 13.2 Å². The zero-order valence-electron chi connectivity index (χ0n) is 15.4. The van der Waals surface area contributed by atoms with E-state index in [1.807, 2.05) is 0 Å². The largest absolute Gasteiger partial charge is 0.371 e. The molecular weight excluding hydrogens is 376 g/mol. The van der Waals surface area contributed by atoms with Gasteiger partial charge in [0.1, 0.15) is 0 Å². The van der Waals surface area contributed by atoms with Crippen molar-refractivity contribution in [2.24, 2.45) is 5.73 Å². The topological polar surface area (TPSA) is 95.7 Å². The zero-order valence-corrected chi connectivity index (χ0v) is 17.0. The SMILES string of the molecule is CCN(CC)S(=O)(=O)c1ccc(N2CCCC2)c(C(=O)NCCN)c1.Cl. The highest BCUT2D eigenvalue weighted by Crippen LogP contribution is 2.28. The number of halogens is 1. The maximum atomic E-state index is 12.8. The number of benzene rings is 1. The van der Waals surface area contributed by atoms with Crippen LogP contribution in [0.2, 0.25) is 0 Å². The van der Waals surface area contributed by atoms with Crippen LogP contribution in [0.15, 0.2) is 23.1 Å². The van der Waals surface area contributed by atoms with E-state index >= 15 is 0 Å². The molecular formula is C17H29ClN4O3S. The lowest BCUT2D eigenvalue weighted by molar-refractivity contribution is 0.0955. The average Bonchev–Trinajstić information content (AvgIpc) is 3.14. The molecule has 1 aromatic rings. The third kappa shape index (κ3) is 4.88. The Bertz CT molecular complexity index is 702. The second-order valence-corrected chi connectivity index (χ2v) is 7.94. The molecule has 1 aromatic carbocycles. The van der Waals surface area contributed by atoms with Gasteiger partial charge in [-0.1, -0.05) is 13.8 Å². The summed E-state index contributed by atoms with van der Waals surface area (Å²) >= 11 is 0. The van der Waals surface area contributed by atoms with E-state index in [-0.39, 0.29) is 23.2 Å². The van der Waals surface area contributed by atoms with Crippen molar-refractivity contribution in [1.82, 2.24) is 9.62 Å². The molecule has 0 atom stereocenters. The quantitative estimate of drug-likeness (QED) is 0.683. The van der Waals surface area contributed by atoms with Crippen molar-refractivity contribution >= 4 is 34.0 Å². The van der Waals surface area contributed by atoms with Crippen LogP contribution in [0.25, 0.3) is 0 Å². The molecule has 1 saturated heterocycles. The Labute approximate surface area is 162 Å². The van der Waals surface area contributed by atoms with Gasteiger partial charge in [0.15, 0.2) is 0 Å². The van der Waals surface area contributed by atoms with Crippen molar-refractivity contribution in [2.45, 2.75) is 31.6 Å². The van der Waals surface area contributed by atoms with Crippen LogP contribution in [0.4, 0.5) is 5.69 Å². The van der Waals surface area contributed by atoms with Gasteiger partial charge < -0.3 is 16.0 Å². The second-order valence-electron chi connectivity index (χ2n) is 6.01. The lowest BCUT2D eigenvalue weighted by atomic mass is 10.1. The molecule has 148 valence electrons. The highest BCUT2D eigenvalue weighted by molar-refractivity contribution is 7.89. The predicted molar refractivity (Wildman–Crippen MR) is 107 cm³/mol. The highest BCUT2D eigenvalue weighted by Gasteiger charge is 2.26. The van der Waals surface area contributed by atoms with Gasteiger partial charge in [-0.15, -0.1) is 12.4 Å². The molecule has 7 nitrogen and oxygen atoms in total. The van der Waals surface area contributed by atoms with Crippen molar-refractivity contribution in [3.8, 4) is 0 Å². The third-order valence-electron chi connectivity index (χ3n) is 4.43. The number of carbonyl (C=O) groups is 1. The van der Waals surface area contributed by atoms with Crippen LogP contribution in [-0.4, -0.2) is 57.9 Å². The Kier molecular flexibility index (Phi) is 8.82. The molecule has 0 aliphatic carbocycles. The van der Waals surface area contributed by atoms with Crippen molar-refractivity contribution in [2.75, 3.05) is 44.2 Å². The van der Waals surface area contributed by atoms with Gasteiger partial charge in [0, 0.05) is 45.0 Å². The Morgan fingerprint density at radius 2 is 1.85 bits per heavy atom. The lowest BCUT2D eigenvalue weighted by Gasteiger charge is -2.23. The highest BCUT2D eigenvalue weighted by atomic mass is 35.5. The van der Waals surface area contributed by atoms with E-state index in [1.54, 1.807) is 26.0 Å². The molecule has 0 aromatic heterocycles. The van der Waals surface area contributed by atoms with Gasteiger partial charge in [0.05, 0.1) is 10.5 Å². The van der Waals surface area contributed by atoms with Gasteiger partial charge in [-0.2, -0.15) is 4.31 Å². The van der Waals surface area contributed by atoms with Gasteiger partial charge in [-0.3, -0.25) is 4.79 Å². The standard InChI is InChI=1S/C17H28N4O3S.ClH/c1-3-21(4-2)25(23,24)14-7-8-16(20-11-5-6-12-20)15(13-14)17(22)19-10-9-18;/h7-8,13H,3-6,9-12,18H2,1-2H3,(H,19,22);1H. The summed E-state index contributed by atoms with van der Waals surface area (Å²) < 4.78 is 26.9. The number of nitrogens with one attached hydrogen (secondary N) is 1. The number of carbonyl (C=O) groups excluding carboxylic acids is 1. The monoisotopic (exact) mass is 404 g/mol. The van der Waals surface area contributed by atoms with Crippen molar-refractivity contribution in [3.63, 3.8) is 0 Å². The molecule has 1 amide bonds. The number of hydrogen-bond acceptors (Lipinski definition) is 5. The van der Waals surface area contributed by atoms with E-state index in [0.717, 1.165) is 31.6 Å². The molecule has 0 bridgehead atoms. The minimum Gasteiger partial charge on any atom is -0.371 e. The molecule has 9 heteroatoms. The van der Waals surface area contributed by atoms with E-state index in [1.165, 1.54) is 10.4 Å². The summed E-state index contributed by atoms with van der Waals surface area (Å²) in [5.41, 5.74) is 6.64. The predicted octanol–water partition coefficient (Wildman–Crippen LogP) is 1.43. The number of anilines is 1. The number of nitrogens with zero attached hydrogens (tertiary/aromatic N) is 2. The fraction of sp³-hybridized carbons (Fsp3) is 0.588. The Morgan fingerprint density at radius 3 is 2.38 bits per heavy atom. The zero-order chi connectivity index (χ0) is 18.4. The second kappa shape index (κ2) is 10.1. The van der Waals surface area contributed by atoms with E-state index < -0.39 is 10.0 Å². The van der Waals surface area contributed by atoms with Crippen LogP contribution >= 0.6 is 12.4 Å². The first-order valence-electron chi connectivity index (χ1n) is 8.83. The van der Waals surface area contributed by atoms with Gasteiger partial charge in [0.2, 0.25) is 10.0 Å². The normalized spacial score (nSPS) is 14.4. The van der Waals surface area contributed by atoms with Gasteiger partial charge in [-0.25, -0.2) is 8.42 Å². The summed E-state index contributed by atoms with van der Waals surface area (Å²) in [5.74, 6) is -0.288. The van der Waals surface area contributed by atoms with Crippen LogP contribution in [-0.2, 0) is 10.0 Å². The molecule has 1 aliphatic rings. The summed E-state index contributed by atoms with van der Waals surface area (Å²) in [6.45, 7) is 6.82. The Hall–Kier alpha value is -1.35. The number of rotatable bonds is 8. The molecule has 0 radical (unpaired) electrons. The average molecular weight is 405 g/mol. The molecule has 0 unspecified atom stereocenters. The van der Waals surface area contributed by atoms with Crippen LogP contribution in [0.1, 0.15) is 37.0 Å². The van der Waals surface area contributed by atoms with E-state index in [2.05, 4.69) is 10.2 Å².